The fourth-order valence-corrected chi connectivity index (χ4v) is 3.77. The van der Waals surface area contributed by atoms with Crippen LogP contribution in [0.25, 0.3) is 11.1 Å². The molecule has 0 heterocycles. The summed E-state index contributed by atoms with van der Waals surface area (Å²) in [7, 11) is 4.39. The van der Waals surface area contributed by atoms with E-state index in [9.17, 15) is 9.59 Å². The van der Waals surface area contributed by atoms with E-state index in [4.69, 9.17) is 23.7 Å². The summed E-state index contributed by atoms with van der Waals surface area (Å²) >= 11 is 0. The number of nitrogens with zero attached hydrogens (tertiary/aromatic N) is 1. The van der Waals surface area contributed by atoms with E-state index in [1.54, 1.807) is 36.4 Å². The van der Waals surface area contributed by atoms with Crippen LogP contribution in [0, 0.1) is 0 Å². The highest BCUT2D eigenvalue weighted by atomic mass is 16.5. The third-order valence-electron chi connectivity index (χ3n) is 5.75. The SMILES string of the molecule is COc1cc(C(=O)Oc2ccccc2/C=N/NC(=O)COc2ccc(-c3ccccc3)cc2)cc(OC)c1OC. The Bertz CT molecular complexity index is 1460. The quantitative estimate of drug-likeness (QED) is 0.122. The molecule has 0 aliphatic rings. The molecule has 0 radical (unpaired) electrons. The minimum absolute atomic E-state index is 0.198. The van der Waals surface area contributed by atoms with Crippen molar-refractivity contribution in [3.8, 4) is 39.9 Å². The third kappa shape index (κ3) is 6.96. The van der Waals surface area contributed by atoms with Crippen LogP contribution in [-0.2, 0) is 4.79 Å². The summed E-state index contributed by atoms with van der Waals surface area (Å²) in [4.78, 5) is 25.1. The Labute approximate surface area is 231 Å². The van der Waals surface area contributed by atoms with Crippen LogP contribution in [0.5, 0.6) is 28.7 Å². The summed E-state index contributed by atoms with van der Waals surface area (Å²) < 4.78 is 27.1. The maximum Gasteiger partial charge on any atom is 0.343 e. The van der Waals surface area contributed by atoms with Crippen LogP contribution in [0.1, 0.15) is 15.9 Å². The second-order valence-corrected chi connectivity index (χ2v) is 8.31. The monoisotopic (exact) mass is 540 g/mol. The van der Waals surface area contributed by atoms with Crippen molar-refractivity contribution >= 4 is 18.1 Å². The number of para-hydroxylation sites is 1. The predicted octanol–water partition coefficient (Wildman–Crippen LogP) is 5.13. The highest BCUT2D eigenvalue weighted by molar-refractivity contribution is 5.94. The van der Waals surface area contributed by atoms with Crippen molar-refractivity contribution < 1.29 is 33.3 Å². The summed E-state index contributed by atoms with van der Waals surface area (Å²) in [5.74, 6) is 0.711. The van der Waals surface area contributed by atoms with Gasteiger partial charge in [0.15, 0.2) is 18.1 Å². The topological polar surface area (TPSA) is 105 Å². The summed E-state index contributed by atoms with van der Waals surface area (Å²) in [5, 5.41) is 3.97. The molecule has 40 heavy (non-hydrogen) atoms. The highest BCUT2D eigenvalue weighted by Crippen LogP contribution is 2.38. The Morgan fingerprint density at radius 3 is 2.02 bits per heavy atom. The molecule has 0 aliphatic heterocycles. The Hall–Kier alpha value is -5.31. The minimum atomic E-state index is -0.643. The largest absolute Gasteiger partial charge is 0.493 e. The number of hydrogen-bond donors (Lipinski definition) is 1. The Morgan fingerprint density at radius 2 is 1.38 bits per heavy atom. The van der Waals surface area contributed by atoms with Gasteiger partial charge in [-0.3, -0.25) is 4.79 Å². The molecule has 4 rings (SSSR count). The van der Waals surface area contributed by atoms with Crippen LogP contribution >= 0.6 is 0 Å². The number of nitrogens with one attached hydrogen (secondary N) is 1. The average Bonchev–Trinajstić information content (AvgIpc) is 3.00. The third-order valence-corrected chi connectivity index (χ3v) is 5.75. The highest BCUT2D eigenvalue weighted by Gasteiger charge is 2.19. The lowest BCUT2D eigenvalue weighted by Gasteiger charge is -2.14. The van der Waals surface area contributed by atoms with Crippen LogP contribution in [0.4, 0.5) is 0 Å². The van der Waals surface area contributed by atoms with Crippen molar-refractivity contribution in [1.29, 1.82) is 0 Å². The van der Waals surface area contributed by atoms with Crippen molar-refractivity contribution in [2.75, 3.05) is 27.9 Å². The van der Waals surface area contributed by atoms with E-state index in [2.05, 4.69) is 10.5 Å². The molecule has 9 nitrogen and oxygen atoms in total. The number of carbonyl (C=O) groups is 2. The lowest BCUT2D eigenvalue weighted by molar-refractivity contribution is -0.123. The number of rotatable bonds is 11. The standard InChI is InChI=1S/C31H28N2O7/c1-36-27-17-24(18-28(37-2)30(27)38-3)31(35)40-26-12-8-7-11-23(26)19-32-33-29(34)20-39-25-15-13-22(14-16-25)21-9-5-4-6-10-21/h4-19H,20H2,1-3H3,(H,33,34)/b32-19+. The van der Waals surface area contributed by atoms with Crippen LogP contribution in [0.2, 0.25) is 0 Å². The summed E-state index contributed by atoms with van der Waals surface area (Å²) in [5.41, 5.74) is 5.22. The first-order valence-electron chi connectivity index (χ1n) is 12.2. The molecule has 0 unspecified atom stereocenters. The second-order valence-electron chi connectivity index (χ2n) is 8.31. The van der Waals surface area contributed by atoms with Crippen molar-refractivity contribution in [3.05, 3.63) is 102 Å². The maximum absolute atomic E-state index is 12.9. The first-order chi connectivity index (χ1) is 19.5. The number of hydrogen-bond acceptors (Lipinski definition) is 8. The van der Waals surface area contributed by atoms with Gasteiger partial charge in [-0.2, -0.15) is 5.10 Å². The van der Waals surface area contributed by atoms with E-state index in [0.717, 1.165) is 11.1 Å². The van der Waals surface area contributed by atoms with Crippen LogP contribution in [0.15, 0.2) is 96.1 Å². The Balaban J connectivity index is 1.35. The lowest BCUT2D eigenvalue weighted by Crippen LogP contribution is -2.24. The first-order valence-corrected chi connectivity index (χ1v) is 12.2. The molecule has 1 amide bonds. The van der Waals surface area contributed by atoms with Gasteiger partial charge in [-0.25, -0.2) is 10.2 Å². The van der Waals surface area contributed by atoms with E-state index in [1.807, 2.05) is 42.5 Å². The number of amides is 1. The van der Waals surface area contributed by atoms with Crippen LogP contribution in [-0.4, -0.2) is 46.0 Å². The molecule has 9 heteroatoms. The number of carbonyl (C=O) groups excluding carboxylic acids is 2. The molecule has 0 fully saturated rings. The smallest absolute Gasteiger partial charge is 0.343 e. The number of ether oxygens (including phenoxy) is 5. The molecule has 204 valence electrons. The first kappa shape index (κ1) is 27.7. The van der Waals surface area contributed by atoms with Crippen molar-refractivity contribution in [2.45, 2.75) is 0 Å². The van der Waals surface area contributed by atoms with Gasteiger partial charge in [0, 0.05) is 5.56 Å². The van der Waals surface area contributed by atoms with Crippen LogP contribution in [0.3, 0.4) is 0 Å². The molecule has 1 N–H and O–H groups in total. The number of hydrazone groups is 1. The van der Waals surface area contributed by atoms with Gasteiger partial charge >= 0.3 is 5.97 Å². The molecule has 0 bridgehead atoms. The average molecular weight is 541 g/mol. The van der Waals surface area contributed by atoms with Gasteiger partial charge in [0.2, 0.25) is 5.75 Å². The molecule has 0 aromatic heterocycles. The van der Waals surface area contributed by atoms with E-state index in [-0.39, 0.29) is 17.9 Å². The molecule has 0 saturated heterocycles. The molecule has 4 aromatic carbocycles. The van der Waals surface area contributed by atoms with Crippen molar-refractivity contribution in [2.24, 2.45) is 5.10 Å². The Kier molecular flexibility index (Phi) is 9.34. The van der Waals surface area contributed by atoms with E-state index < -0.39 is 11.9 Å². The number of esters is 1. The van der Waals surface area contributed by atoms with E-state index >= 15 is 0 Å². The Morgan fingerprint density at radius 1 is 0.750 bits per heavy atom. The van der Waals surface area contributed by atoms with Gasteiger partial charge in [-0.05, 0) is 47.5 Å². The van der Waals surface area contributed by atoms with E-state index in [1.165, 1.54) is 39.7 Å². The molecular weight excluding hydrogens is 512 g/mol. The van der Waals surface area contributed by atoms with Gasteiger partial charge in [-0.15, -0.1) is 0 Å². The lowest BCUT2D eigenvalue weighted by atomic mass is 10.1. The fourth-order valence-electron chi connectivity index (χ4n) is 3.77. The molecule has 4 aromatic rings. The zero-order chi connectivity index (χ0) is 28.3. The molecule has 0 spiro atoms. The van der Waals surface area contributed by atoms with Gasteiger partial charge in [0.25, 0.3) is 5.91 Å². The number of methoxy groups -OCH3 is 3. The number of benzene rings is 4. The minimum Gasteiger partial charge on any atom is -0.493 e. The molecular formula is C31H28N2O7. The van der Waals surface area contributed by atoms with Gasteiger partial charge in [0.1, 0.15) is 11.5 Å². The normalized spacial score (nSPS) is 10.6. The van der Waals surface area contributed by atoms with E-state index in [0.29, 0.717) is 28.6 Å². The maximum atomic E-state index is 12.9. The van der Waals surface area contributed by atoms with Gasteiger partial charge in [0.05, 0.1) is 33.1 Å². The zero-order valence-corrected chi connectivity index (χ0v) is 22.2. The summed E-state index contributed by atoms with van der Waals surface area (Å²) in [6.45, 7) is -0.222. The predicted molar refractivity (Wildman–Crippen MR) is 151 cm³/mol. The fraction of sp³-hybridized carbons (Fsp3) is 0.129. The van der Waals surface area contributed by atoms with Crippen LogP contribution < -0.4 is 29.1 Å². The molecule has 0 atom stereocenters. The van der Waals surface area contributed by atoms with Crippen molar-refractivity contribution in [3.63, 3.8) is 0 Å². The van der Waals surface area contributed by atoms with Crippen molar-refractivity contribution in [1.82, 2.24) is 5.43 Å². The molecule has 0 aliphatic carbocycles. The van der Waals surface area contributed by atoms with Gasteiger partial charge in [-0.1, -0.05) is 54.6 Å². The summed E-state index contributed by atoms with van der Waals surface area (Å²) in [6, 6.07) is 27.2. The zero-order valence-electron chi connectivity index (χ0n) is 22.2. The second kappa shape index (κ2) is 13.5. The molecule has 0 saturated carbocycles. The van der Waals surface area contributed by atoms with Gasteiger partial charge < -0.3 is 23.7 Å². The summed E-state index contributed by atoms with van der Waals surface area (Å²) in [6.07, 6.45) is 1.38.